The molecule has 1 heteroatoms. The fraction of sp³-hybridized carbons (Fsp3) is 0.0909. The fourth-order valence-electron chi connectivity index (χ4n) is 7.27. The van der Waals surface area contributed by atoms with Crippen LogP contribution in [0, 0.1) is 0 Å². The van der Waals surface area contributed by atoms with E-state index in [1.165, 1.54) is 60.1 Å². The van der Waals surface area contributed by atoms with Crippen LogP contribution in [0.25, 0.3) is 87.6 Å². The number of hydrogen-bond acceptors (Lipinski definition) is 1. The van der Waals surface area contributed by atoms with Crippen molar-refractivity contribution < 1.29 is 4.42 Å². The summed E-state index contributed by atoms with van der Waals surface area (Å²) in [4.78, 5) is 0. The predicted octanol–water partition coefficient (Wildman–Crippen LogP) is 12.8. The first-order valence-corrected chi connectivity index (χ1v) is 15.8. The second kappa shape index (κ2) is 9.55. The molecule has 0 bridgehead atoms. The molecule has 0 aliphatic rings. The highest BCUT2D eigenvalue weighted by Gasteiger charge is 2.20. The van der Waals surface area contributed by atoms with E-state index in [2.05, 4.69) is 154 Å². The Bertz CT molecular complexity index is 2540. The van der Waals surface area contributed by atoms with Crippen molar-refractivity contribution in [1.29, 1.82) is 0 Å². The molecule has 214 valence electrons. The topological polar surface area (TPSA) is 13.1 Å². The maximum atomic E-state index is 6.44. The van der Waals surface area contributed by atoms with Gasteiger partial charge in [0.05, 0.1) is 0 Å². The van der Waals surface area contributed by atoms with Gasteiger partial charge in [-0.25, -0.2) is 0 Å². The second-order valence-electron chi connectivity index (χ2n) is 13.3. The van der Waals surface area contributed by atoms with Gasteiger partial charge in [0.25, 0.3) is 0 Å². The van der Waals surface area contributed by atoms with E-state index in [-0.39, 0.29) is 5.41 Å². The Balaban J connectivity index is 1.33. The van der Waals surface area contributed by atoms with Gasteiger partial charge in [-0.1, -0.05) is 142 Å². The second-order valence-corrected chi connectivity index (χ2v) is 13.3. The third-order valence-corrected chi connectivity index (χ3v) is 9.56. The van der Waals surface area contributed by atoms with Gasteiger partial charge in [-0.3, -0.25) is 0 Å². The highest BCUT2D eigenvalue weighted by Crippen LogP contribution is 2.46. The Morgan fingerprint density at radius 2 is 1.02 bits per heavy atom. The summed E-state index contributed by atoms with van der Waals surface area (Å²) >= 11 is 0. The minimum Gasteiger partial charge on any atom is -0.455 e. The summed E-state index contributed by atoms with van der Waals surface area (Å²) in [5.74, 6) is 0. The van der Waals surface area contributed by atoms with Gasteiger partial charge in [-0.15, -0.1) is 0 Å². The Kier molecular flexibility index (Phi) is 5.53. The molecule has 0 spiro atoms. The molecular formula is C44H32O. The Hall–Kier alpha value is -5.40. The van der Waals surface area contributed by atoms with Gasteiger partial charge in [0, 0.05) is 16.3 Å². The van der Waals surface area contributed by atoms with Crippen molar-refractivity contribution in [3.8, 4) is 33.4 Å². The molecule has 9 rings (SSSR count). The smallest absolute Gasteiger partial charge is 0.143 e. The first-order valence-electron chi connectivity index (χ1n) is 15.8. The summed E-state index contributed by atoms with van der Waals surface area (Å²) < 4.78 is 6.44. The Labute approximate surface area is 262 Å². The first kappa shape index (κ1) is 26.0. The van der Waals surface area contributed by atoms with Crippen LogP contribution >= 0.6 is 0 Å². The normalized spacial score (nSPS) is 12.3. The molecule has 0 amide bonds. The van der Waals surface area contributed by atoms with Crippen molar-refractivity contribution in [1.82, 2.24) is 0 Å². The lowest BCUT2D eigenvalue weighted by atomic mass is 9.81. The van der Waals surface area contributed by atoms with E-state index in [0.717, 1.165) is 33.1 Å². The van der Waals surface area contributed by atoms with Crippen LogP contribution in [0.15, 0.2) is 144 Å². The van der Waals surface area contributed by atoms with Crippen LogP contribution in [0.2, 0.25) is 0 Å². The number of fused-ring (bicyclic) bond motifs is 3. The van der Waals surface area contributed by atoms with Crippen LogP contribution in [0.5, 0.6) is 0 Å². The maximum Gasteiger partial charge on any atom is 0.143 e. The molecule has 0 aliphatic carbocycles. The SMILES string of the molecule is CC(C)(C)c1cc2ccc3c(-c4ccccc4)cc(-c4cccc(-c5cccc6c5oc5ccccc56)c4)c4ccc(c1)c2c34. The van der Waals surface area contributed by atoms with Crippen molar-refractivity contribution in [3.05, 3.63) is 145 Å². The zero-order chi connectivity index (χ0) is 30.3. The molecule has 0 unspecified atom stereocenters. The maximum absolute atomic E-state index is 6.44. The molecule has 1 heterocycles. The fourth-order valence-corrected chi connectivity index (χ4v) is 7.27. The monoisotopic (exact) mass is 576 g/mol. The minimum atomic E-state index is 0.0773. The van der Waals surface area contributed by atoms with Gasteiger partial charge in [-0.2, -0.15) is 0 Å². The minimum absolute atomic E-state index is 0.0773. The molecule has 0 aliphatic heterocycles. The summed E-state index contributed by atoms with van der Waals surface area (Å²) in [6.07, 6.45) is 0. The van der Waals surface area contributed by atoms with E-state index in [9.17, 15) is 0 Å². The standard InChI is InChI=1S/C44H32O/c1-44(2,3)32-24-30-19-21-35-38(27-11-5-4-6-12-27)26-39(36-22-20-31(25-32)41(30)42(35)36)29-14-9-13-28(23-29)33-16-10-17-37-34-15-7-8-18-40(34)45-43(33)37/h4-26H,1-3H3. The third kappa shape index (κ3) is 4.01. The van der Waals surface area contributed by atoms with Crippen molar-refractivity contribution in [2.24, 2.45) is 0 Å². The molecule has 0 saturated carbocycles. The Morgan fingerprint density at radius 3 is 1.76 bits per heavy atom. The number of furan rings is 1. The Morgan fingerprint density at radius 1 is 0.422 bits per heavy atom. The summed E-state index contributed by atoms with van der Waals surface area (Å²) in [6, 6.07) is 51.1. The highest BCUT2D eigenvalue weighted by molar-refractivity contribution is 6.28. The third-order valence-electron chi connectivity index (χ3n) is 9.56. The van der Waals surface area contributed by atoms with Crippen LogP contribution < -0.4 is 0 Å². The average molecular weight is 577 g/mol. The van der Waals surface area contributed by atoms with Gasteiger partial charge in [0.2, 0.25) is 0 Å². The number of para-hydroxylation sites is 2. The van der Waals surface area contributed by atoms with E-state index < -0.39 is 0 Å². The largest absolute Gasteiger partial charge is 0.455 e. The van der Waals surface area contributed by atoms with Crippen LogP contribution in [0.4, 0.5) is 0 Å². The first-order chi connectivity index (χ1) is 21.9. The molecule has 0 fully saturated rings. The van der Waals surface area contributed by atoms with Crippen molar-refractivity contribution in [2.75, 3.05) is 0 Å². The average Bonchev–Trinajstić information content (AvgIpc) is 3.46. The van der Waals surface area contributed by atoms with E-state index in [1.54, 1.807) is 0 Å². The summed E-state index contributed by atoms with van der Waals surface area (Å²) in [7, 11) is 0. The molecule has 0 N–H and O–H groups in total. The molecule has 1 nitrogen and oxygen atoms in total. The molecule has 45 heavy (non-hydrogen) atoms. The van der Waals surface area contributed by atoms with Gasteiger partial charge in [0.1, 0.15) is 11.2 Å². The quantitative estimate of drug-likeness (QED) is 0.191. The van der Waals surface area contributed by atoms with Crippen LogP contribution in [-0.4, -0.2) is 0 Å². The molecule has 1 aromatic heterocycles. The number of benzene rings is 8. The van der Waals surface area contributed by atoms with Crippen LogP contribution in [-0.2, 0) is 5.41 Å². The van der Waals surface area contributed by atoms with E-state index in [0.29, 0.717) is 0 Å². The lowest BCUT2D eigenvalue weighted by Gasteiger charge is -2.23. The van der Waals surface area contributed by atoms with Crippen molar-refractivity contribution >= 4 is 54.3 Å². The molecule has 0 saturated heterocycles. The van der Waals surface area contributed by atoms with Crippen LogP contribution in [0.3, 0.4) is 0 Å². The van der Waals surface area contributed by atoms with Crippen molar-refractivity contribution in [2.45, 2.75) is 26.2 Å². The van der Waals surface area contributed by atoms with Gasteiger partial charge < -0.3 is 4.42 Å². The lowest BCUT2D eigenvalue weighted by molar-refractivity contribution is 0.591. The molecule has 8 aromatic carbocycles. The predicted molar refractivity (Wildman–Crippen MR) is 192 cm³/mol. The van der Waals surface area contributed by atoms with Crippen LogP contribution in [0.1, 0.15) is 26.3 Å². The van der Waals surface area contributed by atoms with Gasteiger partial charge in [-0.05, 0) is 89.3 Å². The van der Waals surface area contributed by atoms with Gasteiger partial charge >= 0.3 is 0 Å². The van der Waals surface area contributed by atoms with E-state index >= 15 is 0 Å². The van der Waals surface area contributed by atoms with Crippen molar-refractivity contribution in [3.63, 3.8) is 0 Å². The zero-order valence-corrected chi connectivity index (χ0v) is 25.7. The zero-order valence-electron chi connectivity index (χ0n) is 25.7. The van der Waals surface area contributed by atoms with E-state index in [1.807, 2.05) is 6.07 Å². The molecule has 9 aromatic rings. The lowest BCUT2D eigenvalue weighted by Crippen LogP contribution is -2.10. The summed E-state index contributed by atoms with van der Waals surface area (Å²) in [5, 5.41) is 10.2. The molecule has 0 atom stereocenters. The number of hydrogen-bond donors (Lipinski definition) is 0. The summed E-state index contributed by atoms with van der Waals surface area (Å²) in [5.41, 5.74) is 10.5. The van der Waals surface area contributed by atoms with E-state index in [4.69, 9.17) is 4.42 Å². The summed E-state index contributed by atoms with van der Waals surface area (Å²) in [6.45, 7) is 6.89. The molecular weight excluding hydrogens is 544 g/mol. The molecule has 0 radical (unpaired) electrons. The highest BCUT2D eigenvalue weighted by atomic mass is 16.3. The number of rotatable bonds is 3. The van der Waals surface area contributed by atoms with Gasteiger partial charge in [0.15, 0.2) is 0 Å².